The van der Waals surface area contributed by atoms with Gasteiger partial charge in [0.05, 0.1) is 24.0 Å². The van der Waals surface area contributed by atoms with E-state index in [1.54, 1.807) is 6.92 Å². The highest BCUT2D eigenvalue weighted by atomic mass is 32.2. The van der Waals surface area contributed by atoms with Crippen molar-refractivity contribution < 1.29 is 18.5 Å². The van der Waals surface area contributed by atoms with Crippen molar-refractivity contribution in [1.29, 1.82) is 0 Å². The summed E-state index contributed by atoms with van der Waals surface area (Å²) < 4.78 is 24.0. The molecule has 1 atom stereocenters. The van der Waals surface area contributed by atoms with Crippen LogP contribution < -0.4 is 4.74 Å². The highest BCUT2D eigenvalue weighted by molar-refractivity contribution is 7.85. The van der Waals surface area contributed by atoms with Crippen molar-refractivity contribution in [2.45, 2.75) is 90.4 Å². The molecule has 4 nitrogen and oxygen atoms in total. The Morgan fingerprint density at radius 3 is 2.56 bits per heavy atom. The van der Waals surface area contributed by atoms with Crippen LogP contribution in [0.2, 0.25) is 0 Å². The first kappa shape index (κ1) is 28.1. The molecule has 0 radical (unpaired) electrons. The molecule has 0 saturated carbocycles. The fourth-order valence-corrected chi connectivity index (χ4v) is 5.77. The number of carbonyl (C=O) groups excluding carboxylic acids is 1. The Balaban J connectivity index is 2.31. The molecule has 2 rings (SSSR count). The van der Waals surface area contributed by atoms with Crippen LogP contribution in [0.25, 0.3) is 5.57 Å². The molecule has 0 saturated heterocycles. The van der Waals surface area contributed by atoms with Crippen LogP contribution in [0.5, 0.6) is 5.75 Å². The molecular weight excluding hydrogens is 444 g/mol. The molecule has 1 heterocycles. The van der Waals surface area contributed by atoms with Gasteiger partial charge in [0.2, 0.25) is 0 Å². The second-order valence-electron chi connectivity index (χ2n) is 9.64. The van der Waals surface area contributed by atoms with Crippen molar-refractivity contribution in [2.24, 2.45) is 0 Å². The van der Waals surface area contributed by atoms with Gasteiger partial charge in [0, 0.05) is 22.3 Å². The van der Waals surface area contributed by atoms with Crippen molar-refractivity contribution in [3.05, 3.63) is 53.1 Å². The maximum Gasteiger partial charge on any atom is 0.330 e. The lowest BCUT2D eigenvalue weighted by atomic mass is 9.80. The van der Waals surface area contributed by atoms with Gasteiger partial charge >= 0.3 is 5.97 Å². The SMILES string of the molecule is CCCCCCCOc1cc2c(cc1/C(C)=C/C=C/C(C)=C/C(=O)OCC)C(C)(C)CCS2=O. The van der Waals surface area contributed by atoms with Crippen LogP contribution in [-0.2, 0) is 25.7 Å². The van der Waals surface area contributed by atoms with Crippen molar-refractivity contribution >= 4 is 22.3 Å². The van der Waals surface area contributed by atoms with Crippen LogP contribution in [0.3, 0.4) is 0 Å². The molecule has 1 unspecified atom stereocenters. The van der Waals surface area contributed by atoms with Crippen LogP contribution in [0.15, 0.2) is 46.9 Å². The molecule has 0 fully saturated rings. The molecule has 0 spiro atoms. The molecular formula is C29H42O4S. The van der Waals surface area contributed by atoms with E-state index >= 15 is 0 Å². The van der Waals surface area contributed by atoms with Gasteiger partial charge in [-0.3, -0.25) is 4.21 Å². The van der Waals surface area contributed by atoms with Gasteiger partial charge in [-0.05, 0) is 67.9 Å². The van der Waals surface area contributed by atoms with Gasteiger partial charge in [-0.1, -0.05) is 64.7 Å². The van der Waals surface area contributed by atoms with E-state index in [1.807, 2.05) is 31.2 Å². The predicted octanol–water partition coefficient (Wildman–Crippen LogP) is 7.29. The third-order valence-electron chi connectivity index (χ3n) is 6.24. The Labute approximate surface area is 209 Å². The predicted molar refractivity (Wildman–Crippen MR) is 143 cm³/mol. The van der Waals surface area contributed by atoms with Gasteiger partial charge in [-0.2, -0.15) is 0 Å². The number of unbranched alkanes of at least 4 members (excludes halogenated alkanes) is 4. The molecule has 188 valence electrons. The van der Waals surface area contributed by atoms with E-state index in [9.17, 15) is 9.00 Å². The van der Waals surface area contributed by atoms with Crippen molar-refractivity contribution in [2.75, 3.05) is 19.0 Å². The summed E-state index contributed by atoms with van der Waals surface area (Å²) >= 11 is 0. The molecule has 0 bridgehead atoms. The van der Waals surface area contributed by atoms with E-state index < -0.39 is 10.8 Å². The monoisotopic (exact) mass is 486 g/mol. The number of fused-ring (bicyclic) bond motifs is 1. The maximum atomic E-state index is 12.8. The summed E-state index contributed by atoms with van der Waals surface area (Å²) in [5, 5.41) is 0. The summed E-state index contributed by atoms with van der Waals surface area (Å²) in [6.07, 6.45) is 14.2. The van der Waals surface area contributed by atoms with Gasteiger partial charge in [0.15, 0.2) is 0 Å². The average molecular weight is 487 g/mol. The number of carbonyl (C=O) groups is 1. The molecule has 0 aliphatic carbocycles. The van der Waals surface area contributed by atoms with Crippen molar-refractivity contribution in [3.8, 4) is 5.75 Å². The Morgan fingerprint density at radius 2 is 1.85 bits per heavy atom. The molecule has 5 heteroatoms. The van der Waals surface area contributed by atoms with Gasteiger partial charge in [0.1, 0.15) is 5.75 Å². The average Bonchev–Trinajstić information content (AvgIpc) is 2.78. The number of hydrogen-bond donors (Lipinski definition) is 0. The normalized spacial score (nSPS) is 18.1. The van der Waals surface area contributed by atoms with Crippen LogP contribution in [-0.4, -0.2) is 29.1 Å². The zero-order chi connectivity index (χ0) is 25.1. The second-order valence-corrected chi connectivity index (χ2v) is 11.2. The molecule has 0 N–H and O–H groups in total. The zero-order valence-electron chi connectivity index (χ0n) is 21.9. The van der Waals surface area contributed by atoms with Gasteiger partial charge in [-0.15, -0.1) is 0 Å². The molecule has 0 aromatic heterocycles. The summed E-state index contributed by atoms with van der Waals surface area (Å²) in [4.78, 5) is 12.5. The van der Waals surface area contributed by atoms with Gasteiger partial charge < -0.3 is 9.47 Å². The lowest BCUT2D eigenvalue weighted by Crippen LogP contribution is -2.28. The molecule has 1 aliphatic rings. The maximum absolute atomic E-state index is 12.8. The second kappa shape index (κ2) is 13.7. The lowest BCUT2D eigenvalue weighted by molar-refractivity contribution is -0.137. The van der Waals surface area contributed by atoms with Crippen molar-refractivity contribution in [3.63, 3.8) is 0 Å². The minimum atomic E-state index is -0.989. The number of benzene rings is 1. The quantitative estimate of drug-likeness (QED) is 0.135. The Hall–Kier alpha value is -2.14. The first-order chi connectivity index (χ1) is 16.2. The number of hydrogen-bond acceptors (Lipinski definition) is 4. The third-order valence-corrected chi connectivity index (χ3v) is 7.64. The number of allylic oxidation sites excluding steroid dienone is 5. The smallest absolute Gasteiger partial charge is 0.330 e. The van der Waals surface area contributed by atoms with E-state index in [2.05, 4.69) is 33.8 Å². The molecule has 1 aromatic rings. The van der Waals surface area contributed by atoms with E-state index in [0.717, 1.165) is 52.2 Å². The van der Waals surface area contributed by atoms with E-state index in [1.165, 1.54) is 25.3 Å². The van der Waals surface area contributed by atoms with E-state index in [-0.39, 0.29) is 11.4 Å². The van der Waals surface area contributed by atoms with Crippen LogP contribution in [0.4, 0.5) is 0 Å². The summed E-state index contributed by atoms with van der Waals surface area (Å²) in [5.41, 5.74) is 4.06. The first-order valence-corrected chi connectivity index (χ1v) is 13.9. The minimum Gasteiger partial charge on any atom is -0.493 e. The van der Waals surface area contributed by atoms with E-state index in [0.29, 0.717) is 19.0 Å². The highest BCUT2D eigenvalue weighted by Crippen LogP contribution is 2.41. The van der Waals surface area contributed by atoms with Crippen molar-refractivity contribution in [1.82, 2.24) is 0 Å². The zero-order valence-corrected chi connectivity index (χ0v) is 22.7. The Kier molecular flexibility index (Phi) is 11.3. The summed E-state index contributed by atoms with van der Waals surface area (Å²) in [6.45, 7) is 13.4. The Bertz CT molecular complexity index is 953. The van der Waals surface area contributed by atoms with Gasteiger partial charge in [0.25, 0.3) is 0 Å². The third kappa shape index (κ3) is 8.26. The Morgan fingerprint density at radius 1 is 1.12 bits per heavy atom. The molecule has 1 aromatic carbocycles. The van der Waals surface area contributed by atoms with Crippen LogP contribution in [0, 0.1) is 0 Å². The number of ether oxygens (including phenoxy) is 2. The number of esters is 1. The largest absolute Gasteiger partial charge is 0.493 e. The fourth-order valence-electron chi connectivity index (χ4n) is 4.04. The number of rotatable bonds is 12. The first-order valence-electron chi connectivity index (χ1n) is 12.6. The minimum absolute atomic E-state index is 0.0221. The summed E-state index contributed by atoms with van der Waals surface area (Å²) in [6, 6.07) is 4.19. The highest BCUT2D eigenvalue weighted by Gasteiger charge is 2.32. The van der Waals surface area contributed by atoms with E-state index in [4.69, 9.17) is 9.47 Å². The molecule has 1 aliphatic heterocycles. The van der Waals surface area contributed by atoms with Crippen LogP contribution >= 0.6 is 0 Å². The summed E-state index contributed by atoms with van der Waals surface area (Å²) in [7, 11) is -0.989. The molecule has 0 amide bonds. The standard InChI is InChI=1S/C29H42O4S/c1-7-9-10-11-12-17-33-26-21-27-25(29(5,6)16-18-34(27)31)20-24(26)23(4)15-13-14-22(3)19-28(30)32-8-2/h13-15,19-21H,7-12,16-18H2,1-6H3/b14-13+,22-19+,23-15+. The van der Waals surface area contributed by atoms with Gasteiger partial charge in [-0.25, -0.2) is 4.79 Å². The van der Waals surface area contributed by atoms with Crippen LogP contribution in [0.1, 0.15) is 91.2 Å². The topological polar surface area (TPSA) is 52.6 Å². The molecule has 34 heavy (non-hydrogen) atoms. The summed E-state index contributed by atoms with van der Waals surface area (Å²) in [5.74, 6) is 1.17. The lowest BCUT2D eigenvalue weighted by Gasteiger charge is -2.33. The fraction of sp³-hybridized carbons (Fsp3) is 0.552.